The predicted octanol–water partition coefficient (Wildman–Crippen LogP) is 3.29. The lowest BCUT2D eigenvalue weighted by molar-refractivity contribution is -0.0311. The molecular formula is C17H25ClN2O. The van der Waals surface area contributed by atoms with Gasteiger partial charge in [0.1, 0.15) is 0 Å². The topological polar surface area (TPSA) is 38.5 Å². The Kier molecular flexibility index (Phi) is 4.55. The highest BCUT2D eigenvalue weighted by Gasteiger charge is 2.45. The van der Waals surface area contributed by atoms with Crippen LogP contribution in [0.1, 0.15) is 42.9 Å². The lowest BCUT2D eigenvalue weighted by Gasteiger charge is -2.47. The smallest absolute Gasteiger partial charge is 0.0594 e. The van der Waals surface area contributed by atoms with Gasteiger partial charge in [-0.25, -0.2) is 0 Å². The van der Waals surface area contributed by atoms with Crippen molar-refractivity contribution in [3.63, 3.8) is 0 Å². The first kappa shape index (κ1) is 15.3. The van der Waals surface area contributed by atoms with Gasteiger partial charge in [0.15, 0.2) is 0 Å². The van der Waals surface area contributed by atoms with Crippen molar-refractivity contribution in [1.29, 1.82) is 0 Å². The molecule has 21 heavy (non-hydrogen) atoms. The van der Waals surface area contributed by atoms with Crippen molar-refractivity contribution in [2.24, 2.45) is 5.73 Å². The minimum Gasteiger partial charge on any atom is -0.379 e. The van der Waals surface area contributed by atoms with Crippen LogP contribution < -0.4 is 5.73 Å². The number of morpholine rings is 1. The van der Waals surface area contributed by atoms with E-state index in [1.807, 2.05) is 6.92 Å². The number of hydrogen-bond donors (Lipinski definition) is 1. The molecule has 2 aliphatic rings. The van der Waals surface area contributed by atoms with Crippen molar-refractivity contribution < 1.29 is 4.74 Å². The van der Waals surface area contributed by atoms with Crippen LogP contribution in [0.15, 0.2) is 18.2 Å². The monoisotopic (exact) mass is 308 g/mol. The lowest BCUT2D eigenvalue weighted by atomic mass is 9.82. The van der Waals surface area contributed by atoms with E-state index in [2.05, 4.69) is 23.1 Å². The number of rotatable bonds is 3. The van der Waals surface area contributed by atoms with E-state index in [-0.39, 0.29) is 11.6 Å². The number of benzene rings is 1. The van der Waals surface area contributed by atoms with Crippen LogP contribution in [0.4, 0.5) is 0 Å². The Hall–Kier alpha value is -0.610. The van der Waals surface area contributed by atoms with Crippen LogP contribution in [0.3, 0.4) is 0 Å². The van der Waals surface area contributed by atoms with E-state index in [1.165, 1.54) is 31.2 Å². The molecule has 1 unspecified atom stereocenters. The van der Waals surface area contributed by atoms with Gasteiger partial charge in [-0.15, -0.1) is 0 Å². The number of hydrogen-bond acceptors (Lipinski definition) is 3. The molecule has 0 aromatic heterocycles. The van der Waals surface area contributed by atoms with E-state index in [0.717, 1.165) is 36.9 Å². The summed E-state index contributed by atoms with van der Waals surface area (Å²) in [5.41, 5.74) is 9.11. The quantitative estimate of drug-likeness (QED) is 0.931. The molecule has 0 amide bonds. The molecule has 0 spiro atoms. The maximum absolute atomic E-state index is 6.74. The first-order valence-electron chi connectivity index (χ1n) is 7.98. The minimum absolute atomic E-state index is 0.0243. The number of nitrogens with zero attached hydrogens (tertiary/aromatic N) is 1. The highest BCUT2D eigenvalue weighted by molar-refractivity contribution is 6.31. The molecule has 1 atom stereocenters. The normalized spacial score (nSPS) is 24.1. The molecule has 0 radical (unpaired) electrons. The van der Waals surface area contributed by atoms with Gasteiger partial charge < -0.3 is 10.5 Å². The second-order valence-electron chi connectivity index (χ2n) is 6.40. The number of aryl methyl sites for hydroxylation is 1. The Morgan fingerprint density at radius 2 is 1.90 bits per heavy atom. The molecular weight excluding hydrogens is 284 g/mol. The highest BCUT2D eigenvalue weighted by Crippen LogP contribution is 2.44. The minimum atomic E-state index is 0.0243. The summed E-state index contributed by atoms with van der Waals surface area (Å²) in [7, 11) is 0. The Bertz CT molecular complexity index is 494. The molecule has 1 saturated carbocycles. The van der Waals surface area contributed by atoms with Crippen LogP contribution in [0.2, 0.25) is 5.02 Å². The summed E-state index contributed by atoms with van der Waals surface area (Å²) in [5, 5.41) is 0.818. The maximum atomic E-state index is 6.74. The molecule has 116 valence electrons. The lowest BCUT2D eigenvalue weighted by Crippen LogP contribution is -2.57. The third-order valence-corrected chi connectivity index (χ3v) is 5.65. The molecule has 1 aromatic carbocycles. The molecule has 2 N–H and O–H groups in total. The number of nitrogens with two attached hydrogens (primary N) is 1. The van der Waals surface area contributed by atoms with Crippen molar-refractivity contribution in [1.82, 2.24) is 4.90 Å². The predicted molar refractivity (Wildman–Crippen MR) is 86.7 cm³/mol. The fourth-order valence-corrected chi connectivity index (χ4v) is 4.12. The molecule has 1 aliphatic carbocycles. The van der Waals surface area contributed by atoms with E-state index in [0.29, 0.717) is 0 Å². The zero-order chi connectivity index (χ0) is 14.9. The van der Waals surface area contributed by atoms with E-state index < -0.39 is 0 Å². The summed E-state index contributed by atoms with van der Waals surface area (Å²) >= 11 is 6.31. The third kappa shape index (κ3) is 2.85. The molecule has 2 fully saturated rings. The van der Waals surface area contributed by atoms with Crippen LogP contribution in [0.5, 0.6) is 0 Å². The van der Waals surface area contributed by atoms with Crippen LogP contribution >= 0.6 is 11.6 Å². The zero-order valence-corrected chi connectivity index (χ0v) is 13.5. The van der Waals surface area contributed by atoms with Crippen molar-refractivity contribution >= 4 is 11.6 Å². The van der Waals surface area contributed by atoms with E-state index in [9.17, 15) is 0 Å². The first-order valence-corrected chi connectivity index (χ1v) is 8.36. The van der Waals surface area contributed by atoms with Gasteiger partial charge >= 0.3 is 0 Å². The van der Waals surface area contributed by atoms with Gasteiger partial charge in [0.2, 0.25) is 0 Å². The summed E-state index contributed by atoms with van der Waals surface area (Å²) in [4.78, 5) is 2.57. The van der Waals surface area contributed by atoms with Gasteiger partial charge in [0.05, 0.1) is 13.2 Å². The second-order valence-corrected chi connectivity index (χ2v) is 6.80. The summed E-state index contributed by atoms with van der Waals surface area (Å²) in [6.07, 6.45) is 4.90. The summed E-state index contributed by atoms with van der Waals surface area (Å²) in [6.45, 7) is 5.66. The Morgan fingerprint density at radius 1 is 1.24 bits per heavy atom. The summed E-state index contributed by atoms with van der Waals surface area (Å²) in [5.74, 6) is 0. The van der Waals surface area contributed by atoms with Gasteiger partial charge in [-0.1, -0.05) is 36.6 Å². The summed E-state index contributed by atoms with van der Waals surface area (Å²) in [6, 6.07) is 6.31. The standard InChI is InChI=1S/C17H25ClN2O/c1-13-4-5-14(12-15(13)18)16(19)17(6-2-3-7-17)20-8-10-21-11-9-20/h4-5,12,16H,2-3,6-11,19H2,1H3. The van der Waals surface area contributed by atoms with E-state index in [4.69, 9.17) is 22.1 Å². The maximum Gasteiger partial charge on any atom is 0.0594 e. The highest BCUT2D eigenvalue weighted by atomic mass is 35.5. The third-order valence-electron chi connectivity index (χ3n) is 5.24. The van der Waals surface area contributed by atoms with Crippen LogP contribution in [0.25, 0.3) is 0 Å². The molecule has 1 aromatic rings. The van der Waals surface area contributed by atoms with Crippen molar-refractivity contribution in [2.75, 3.05) is 26.3 Å². The van der Waals surface area contributed by atoms with Gasteiger partial charge in [-0.05, 0) is 37.0 Å². The van der Waals surface area contributed by atoms with Gasteiger partial charge in [-0.2, -0.15) is 0 Å². The first-order chi connectivity index (χ1) is 10.1. The number of ether oxygens (including phenoxy) is 1. The average Bonchev–Trinajstić information content (AvgIpc) is 3.01. The second kappa shape index (κ2) is 6.25. The van der Waals surface area contributed by atoms with Crippen LogP contribution in [-0.4, -0.2) is 36.7 Å². The van der Waals surface area contributed by atoms with Crippen molar-refractivity contribution in [3.05, 3.63) is 34.3 Å². The molecule has 3 rings (SSSR count). The molecule has 0 bridgehead atoms. The zero-order valence-electron chi connectivity index (χ0n) is 12.8. The molecule has 1 heterocycles. The van der Waals surface area contributed by atoms with Gasteiger partial charge in [0.25, 0.3) is 0 Å². The number of halogens is 1. The Labute approximate surface area is 132 Å². The molecule has 1 aliphatic heterocycles. The Morgan fingerprint density at radius 3 is 2.52 bits per heavy atom. The molecule has 1 saturated heterocycles. The fourth-order valence-electron chi connectivity index (χ4n) is 3.93. The largest absolute Gasteiger partial charge is 0.379 e. The fraction of sp³-hybridized carbons (Fsp3) is 0.647. The molecule has 4 heteroatoms. The molecule has 3 nitrogen and oxygen atoms in total. The summed E-state index contributed by atoms with van der Waals surface area (Å²) < 4.78 is 5.52. The Balaban J connectivity index is 1.90. The van der Waals surface area contributed by atoms with Crippen LogP contribution in [0, 0.1) is 6.92 Å². The van der Waals surface area contributed by atoms with Crippen molar-refractivity contribution in [2.45, 2.75) is 44.2 Å². The van der Waals surface area contributed by atoms with Crippen LogP contribution in [-0.2, 0) is 4.74 Å². The van der Waals surface area contributed by atoms with Gasteiger partial charge in [-0.3, -0.25) is 4.90 Å². The van der Waals surface area contributed by atoms with Crippen molar-refractivity contribution in [3.8, 4) is 0 Å². The van der Waals surface area contributed by atoms with E-state index in [1.54, 1.807) is 0 Å². The average molecular weight is 309 g/mol. The van der Waals surface area contributed by atoms with Gasteiger partial charge in [0, 0.05) is 29.7 Å². The SMILES string of the molecule is Cc1ccc(C(N)C2(N3CCOCC3)CCCC2)cc1Cl. The van der Waals surface area contributed by atoms with E-state index >= 15 is 0 Å².